The minimum absolute atomic E-state index is 0.198. The van der Waals surface area contributed by atoms with E-state index in [1.807, 2.05) is 6.07 Å². The van der Waals surface area contributed by atoms with E-state index in [0.29, 0.717) is 11.3 Å². The SMILES string of the molecule is Fc1ccc(CC2(CCl)CC2)c(Br)c1. The van der Waals surface area contributed by atoms with Gasteiger partial charge in [-0.05, 0) is 42.4 Å². The molecule has 0 amide bonds. The Labute approximate surface area is 96.6 Å². The fourth-order valence-corrected chi connectivity index (χ4v) is 2.46. The van der Waals surface area contributed by atoms with Gasteiger partial charge < -0.3 is 0 Å². The zero-order valence-corrected chi connectivity index (χ0v) is 10.0. The second-order valence-electron chi connectivity index (χ2n) is 4.05. The fraction of sp³-hybridized carbons (Fsp3) is 0.455. The number of hydrogen-bond acceptors (Lipinski definition) is 0. The highest BCUT2D eigenvalue weighted by Gasteiger charge is 2.41. The first-order valence-electron chi connectivity index (χ1n) is 4.65. The third kappa shape index (κ3) is 2.12. The van der Waals surface area contributed by atoms with Crippen molar-refractivity contribution in [3.05, 3.63) is 34.1 Å². The van der Waals surface area contributed by atoms with Crippen molar-refractivity contribution in [2.45, 2.75) is 19.3 Å². The summed E-state index contributed by atoms with van der Waals surface area (Å²) in [5, 5.41) is 0. The van der Waals surface area contributed by atoms with Crippen LogP contribution in [-0.4, -0.2) is 5.88 Å². The van der Waals surface area contributed by atoms with E-state index >= 15 is 0 Å². The van der Waals surface area contributed by atoms with Crippen LogP contribution in [0.5, 0.6) is 0 Å². The van der Waals surface area contributed by atoms with Crippen molar-refractivity contribution in [1.82, 2.24) is 0 Å². The van der Waals surface area contributed by atoms with E-state index < -0.39 is 0 Å². The Hall–Kier alpha value is -0.0800. The second kappa shape index (κ2) is 3.82. The highest BCUT2D eigenvalue weighted by atomic mass is 79.9. The van der Waals surface area contributed by atoms with Crippen LogP contribution in [0.3, 0.4) is 0 Å². The summed E-state index contributed by atoms with van der Waals surface area (Å²) in [6.07, 6.45) is 3.35. The van der Waals surface area contributed by atoms with Crippen LogP contribution in [0.15, 0.2) is 22.7 Å². The third-order valence-corrected chi connectivity index (χ3v) is 4.13. The number of hydrogen-bond donors (Lipinski definition) is 0. The summed E-state index contributed by atoms with van der Waals surface area (Å²) in [5.74, 6) is 0.507. The molecule has 1 aliphatic rings. The van der Waals surface area contributed by atoms with Crippen molar-refractivity contribution in [3.8, 4) is 0 Å². The van der Waals surface area contributed by atoms with Crippen LogP contribution in [-0.2, 0) is 6.42 Å². The minimum atomic E-state index is -0.198. The maximum atomic E-state index is 12.8. The highest BCUT2D eigenvalue weighted by molar-refractivity contribution is 9.10. The molecule has 76 valence electrons. The molecule has 3 heteroatoms. The summed E-state index contributed by atoms with van der Waals surface area (Å²) in [5.41, 5.74) is 1.45. The normalized spacial score (nSPS) is 18.2. The van der Waals surface area contributed by atoms with Crippen LogP contribution in [0, 0.1) is 11.2 Å². The first kappa shape index (κ1) is 10.4. The molecule has 0 spiro atoms. The smallest absolute Gasteiger partial charge is 0.124 e. The number of halogens is 3. The molecule has 1 aliphatic carbocycles. The van der Waals surface area contributed by atoms with Crippen molar-refractivity contribution in [1.29, 1.82) is 0 Å². The van der Waals surface area contributed by atoms with Crippen molar-refractivity contribution in [3.63, 3.8) is 0 Å². The molecule has 0 saturated heterocycles. The van der Waals surface area contributed by atoms with Gasteiger partial charge in [0.2, 0.25) is 0 Å². The summed E-state index contributed by atoms with van der Waals surface area (Å²) in [4.78, 5) is 0. The first-order chi connectivity index (χ1) is 6.65. The Kier molecular flexibility index (Phi) is 2.85. The molecule has 14 heavy (non-hydrogen) atoms. The van der Waals surface area contributed by atoms with Gasteiger partial charge in [-0.2, -0.15) is 0 Å². The molecule has 0 atom stereocenters. The van der Waals surface area contributed by atoms with Gasteiger partial charge in [0.1, 0.15) is 5.82 Å². The summed E-state index contributed by atoms with van der Waals surface area (Å²) in [7, 11) is 0. The van der Waals surface area contributed by atoms with Gasteiger partial charge in [0.05, 0.1) is 0 Å². The Bertz CT molecular complexity index is 347. The average molecular weight is 278 g/mol. The van der Waals surface area contributed by atoms with Crippen LogP contribution >= 0.6 is 27.5 Å². The Morgan fingerprint density at radius 2 is 2.14 bits per heavy atom. The lowest BCUT2D eigenvalue weighted by atomic mass is 9.98. The van der Waals surface area contributed by atoms with Crippen LogP contribution in [0.1, 0.15) is 18.4 Å². The van der Waals surface area contributed by atoms with Gasteiger partial charge in [0, 0.05) is 10.4 Å². The van der Waals surface area contributed by atoms with Gasteiger partial charge in [-0.15, -0.1) is 11.6 Å². The quantitative estimate of drug-likeness (QED) is 0.728. The maximum absolute atomic E-state index is 12.8. The van der Waals surface area contributed by atoms with E-state index in [1.165, 1.54) is 25.0 Å². The topological polar surface area (TPSA) is 0 Å². The first-order valence-corrected chi connectivity index (χ1v) is 5.98. The van der Waals surface area contributed by atoms with Crippen molar-refractivity contribution >= 4 is 27.5 Å². The van der Waals surface area contributed by atoms with E-state index in [0.717, 1.165) is 16.5 Å². The molecule has 1 saturated carbocycles. The molecule has 2 rings (SSSR count). The zero-order valence-electron chi connectivity index (χ0n) is 7.69. The molecule has 0 N–H and O–H groups in total. The van der Waals surface area contributed by atoms with Gasteiger partial charge in [-0.1, -0.05) is 22.0 Å². The Morgan fingerprint density at radius 3 is 2.64 bits per heavy atom. The Balaban J connectivity index is 2.17. The maximum Gasteiger partial charge on any atom is 0.124 e. The van der Waals surface area contributed by atoms with E-state index in [-0.39, 0.29) is 5.82 Å². The van der Waals surface area contributed by atoms with E-state index in [9.17, 15) is 4.39 Å². The lowest BCUT2D eigenvalue weighted by Crippen LogP contribution is -2.07. The molecule has 0 nitrogen and oxygen atoms in total. The number of rotatable bonds is 3. The summed E-state index contributed by atoms with van der Waals surface area (Å²) in [6, 6.07) is 4.86. The van der Waals surface area contributed by atoms with Gasteiger partial charge >= 0.3 is 0 Å². The largest absolute Gasteiger partial charge is 0.207 e. The van der Waals surface area contributed by atoms with E-state index in [2.05, 4.69) is 15.9 Å². The fourth-order valence-electron chi connectivity index (χ4n) is 1.60. The van der Waals surface area contributed by atoms with E-state index in [4.69, 9.17) is 11.6 Å². The van der Waals surface area contributed by atoms with E-state index in [1.54, 1.807) is 0 Å². The highest BCUT2D eigenvalue weighted by Crippen LogP contribution is 2.49. The minimum Gasteiger partial charge on any atom is -0.207 e. The molecular weight excluding hydrogens is 266 g/mol. The molecule has 0 bridgehead atoms. The molecule has 0 unspecified atom stereocenters. The third-order valence-electron chi connectivity index (χ3n) is 2.82. The molecule has 1 aromatic carbocycles. The summed E-state index contributed by atoms with van der Waals surface area (Å²) in [6.45, 7) is 0. The van der Waals surface area contributed by atoms with Gasteiger partial charge in [-0.25, -0.2) is 4.39 Å². The molecule has 0 heterocycles. The lowest BCUT2D eigenvalue weighted by Gasteiger charge is -2.12. The van der Waals surface area contributed by atoms with Gasteiger partial charge in [0.25, 0.3) is 0 Å². The van der Waals surface area contributed by atoms with Crippen LogP contribution < -0.4 is 0 Å². The van der Waals surface area contributed by atoms with Crippen LogP contribution in [0.4, 0.5) is 4.39 Å². The molecule has 0 radical (unpaired) electrons. The van der Waals surface area contributed by atoms with Crippen LogP contribution in [0.2, 0.25) is 0 Å². The summed E-state index contributed by atoms with van der Waals surface area (Å²) < 4.78 is 13.7. The van der Waals surface area contributed by atoms with Crippen molar-refractivity contribution < 1.29 is 4.39 Å². The molecule has 0 aromatic heterocycles. The predicted octanol–water partition coefficient (Wildman–Crippen LogP) is 4.15. The molecule has 1 aromatic rings. The van der Waals surface area contributed by atoms with Gasteiger partial charge in [0.15, 0.2) is 0 Å². The molecule has 0 aliphatic heterocycles. The second-order valence-corrected chi connectivity index (χ2v) is 5.17. The van der Waals surface area contributed by atoms with Crippen molar-refractivity contribution in [2.75, 3.05) is 5.88 Å². The number of alkyl halides is 1. The Morgan fingerprint density at radius 1 is 1.43 bits per heavy atom. The monoisotopic (exact) mass is 276 g/mol. The average Bonchev–Trinajstić information content (AvgIpc) is 2.91. The van der Waals surface area contributed by atoms with Crippen molar-refractivity contribution in [2.24, 2.45) is 5.41 Å². The standard InChI is InChI=1S/C11H11BrClF/c12-10-5-9(14)2-1-8(10)6-11(7-13)3-4-11/h1-2,5H,3-4,6-7H2. The molecule has 1 fully saturated rings. The van der Waals surface area contributed by atoms with Crippen LogP contribution in [0.25, 0.3) is 0 Å². The number of benzene rings is 1. The lowest BCUT2D eigenvalue weighted by molar-refractivity contribution is 0.573. The molecular formula is C11H11BrClF. The van der Waals surface area contributed by atoms with Gasteiger partial charge in [-0.3, -0.25) is 0 Å². The summed E-state index contributed by atoms with van der Waals surface area (Å²) >= 11 is 9.27. The predicted molar refractivity (Wildman–Crippen MR) is 60.2 cm³/mol. The zero-order chi connectivity index (χ0) is 10.2.